The van der Waals surface area contributed by atoms with Gasteiger partial charge in [-0.2, -0.15) is 0 Å². The molecule has 4 amide bonds. The summed E-state index contributed by atoms with van der Waals surface area (Å²) in [5.41, 5.74) is 1.23. The van der Waals surface area contributed by atoms with Gasteiger partial charge < -0.3 is 18.9 Å². The Kier molecular flexibility index (Phi) is 7.69. The molecular formula is C27H19BrCl2N2O7. The minimum Gasteiger partial charge on any atom is -0.490 e. The maximum absolute atomic E-state index is 13.4. The number of nitrogens with one attached hydrogen (secondary N) is 1. The first-order valence-electron chi connectivity index (χ1n) is 11.6. The summed E-state index contributed by atoms with van der Waals surface area (Å²) in [5.74, 6) is 0.0631. The zero-order valence-electron chi connectivity index (χ0n) is 20.3. The SMILES string of the molecule is CCOc1cc(/C=C2\C(=O)NC(=O)N(c3ccc4c(c3)OCO4)C2=O)c(Br)cc1OCc1ccc(Cl)c(Cl)c1. The van der Waals surface area contributed by atoms with Crippen molar-refractivity contribution in [3.63, 3.8) is 0 Å². The molecule has 0 spiro atoms. The number of rotatable bonds is 7. The number of barbiturate groups is 1. The third-order valence-electron chi connectivity index (χ3n) is 5.76. The number of hydrogen-bond donors (Lipinski definition) is 1. The van der Waals surface area contributed by atoms with E-state index in [1.54, 1.807) is 36.4 Å². The number of ether oxygens (including phenoxy) is 4. The normalized spacial score (nSPS) is 15.5. The van der Waals surface area contributed by atoms with Gasteiger partial charge in [-0.05, 0) is 60.5 Å². The largest absolute Gasteiger partial charge is 0.490 e. The van der Waals surface area contributed by atoms with Crippen LogP contribution < -0.4 is 29.2 Å². The second-order valence-electron chi connectivity index (χ2n) is 8.29. The lowest BCUT2D eigenvalue weighted by Crippen LogP contribution is -2.54. The van der Waals surface area contributed by atoms with Crippen molar-refractivity contribution in [3.8, 4) is 23.0 Å². The quantitative estimate of drug-likeness (QED) is 0.247. The fourth-order valence-corrected chi connectivity index (χ4v) is 4.66. The van der Waals surface area contributed by atoms with Gasteiger partial charge in [0.15, 0.2) is 23.0 Å². The number of amides is 4. The van der Waals surface area contributed by atoms with Crippen LogP contribution >= 0.6 is 39.1 Å². The van der Waals surface area contributed by atoms with Gasteiger partial charge in [-0.15, -0.1) is 0 Å². The van der Waals surface area contributed by atoms with Crippen molar-refractivity contribution >= 4 is 68.7 Å². The number of anilines is 1. The van der Waals surface area contributed by atoms with Crippen LogP contribution in [0.2, 0.25) is 10.0 Å². The molecule has 0 aromatic heterocycles. The molecule has 9 nitrogen and oxygen atoms in total. The topological polar surface area (TPSA) is 103 Å². The Balaban J connectivity index is 1.44. The van der Waals surface area contributed by atoms with E-state index >= 15 is 0 Å². The first-order valence-corrected chi connectivity index (χ1v) is 13.1. The highest BCUT2D eigenvalue weighted by molar-refractivity contribution is 9.10. The van der Waals surface area contributed by atoms with Crippen LogP contribution in [0.3, 0.4) is 0 Å². The number of nitrogens with zero attached hydrogens (tertiary/aromatic N) is 1. The van der Waals surface area contributed by atoms with Crippen LogP contribution in [0.4, 0.5) is 10.5 Å². The van der Waals surface area contributed by atoms with Gasteiger partial charge in [0, 0.05) is 10.5 Å². The highest BCUT2D eigenvalue weighted by Gasteiger charge is 2.37. The molecule has 2 aliphatic heterocycles. The number of halogens is 3. The fraction of sp³-hybridized carbons (Fsp3) is 0.148. The number of urea groups is 1. The molecule has 3 aromatic carbocycles. The Morgan fingerprint density at radius 1 is 0.974 bits per heavy atom. The lowest BCUT2D eigenvalue weighted by molar-refractivity contribution is -0.122. The standard InChI is InChI=1S/C27H19BrCl2N2O7/c1-2-36-22-9-15(18(28)11-24(22)37-12-14-3-5-19(29)20(30)7-14)8-17-25(33)31-27(35)32(26(17)34)16-4-6-21-23(10-16)39-13-38-21/h3-11H,2,12-13H2,1H3,(H,31,33,35)/b17-8+. The van der Waals surface area contributed by atoms with Crippen molar-refractivity contribution in [2.75, 3.05) is 18.3 Å². The molecule has 5 rings (SSSR count). The predicted molar refractivity (Wildman–Crippen MR) is 148 cm³/mol. The molecule has 1 saturated heterocycles. The van der Waals surface area contributed by atoms with Gasteiger partial charge in [0.25, 0.3) is 11.8 Å². The molecule has 1 fully saturated rings. The fourth-order valence-electron chi connectivity index (χ4n) is 3.90. The van der Waals surface area contributed by atoms with Crippen LogP contribution in [0.5, 0.6) is 23.0 Å². The van der Waals surface area contributed by atoms with Crippen molar-refractivity contribution in [2.45, 2.75) is 13.5 Å². The highest BCUT2D eigenvalue weighted by atomic mass is 79.9. The van der Waals surface area contributed by atoms with Gasteiger partial charge >= 0.3 is 6.03 Å². The highest BCUT2D eigenvalue weighted by Crippen LogP contribution is 2.38. The average molecular weight is 634 g/mol. The van der Waals surface area contributed by atoms with E-state index in [0.29, 0.717) is 49.7 Å². The molecule has 2 aliphatic rings. The van der Waals surface area contributed by atoms with Gasteiger partial charge in [-0.3, -0.25) is 14.9 Å². The molecule has 39 heavy (non-hydrogen) atoms. The average Bonchev–Trinajstić information content (AvgIpc) is 3.37. The van der Waals surface area contributed by atoms with Crippen LogP contribution in [0.15, 0.2) is 58.6 Å². The molecular weight excluding hydrogens is 615 g/mol. The van der Waals surface area contributed by atoms with E-state index < -0.39 is 17.8 Å². The number of fused-ring (bicyclic) bond motifs is 1. The van der Waals surface area contributed by atoms with Crippen molar-refractivity contribution in [1.29, 1.82) is 0 Å². The summed E-state index contributed by atoms with van der Waals surface area (Å²) < 4.78 is 22.9. The number of benzene rings is 3. The van der Waals surface area contributed by atoms with Crippen molar-refractivity contribution in [2.24, 2.45) is 0 Å². The Labute approximate surface area is 241 Å². The number of carbonyl (C=O) groups is 3. The Morgan fingerprint density at radius 3 is 2.51 bits per heavy atom. The van der Waals surface area contributed by atoms with E-state index in [1.807, 2.05) is 6.92 Å². The van der Waals surface area contributed by atoms with Gasteiger partial charge in [0.2, 0.25) is 6.79 Å². The Bertz CT molecular complexity index is 1540. The molecule has 0 bridgehead atoms. The predicted octanol–water partition coefficient (Wildman–Crippen LogP) is 6.13. The summed E-state index contributed by atoms with van der Waals surface area (Å²) in [5, 5.41) is 3.06. The molecule has 0 saturated carbocycles. The van der Waals surface area contributed by atoms with Gasteiger partial charge in [-0.1, -0.05) is 45.2 Å². The van der Waals surface area contributed by atoms with Crippen LogP contribution in [0.1, 0.15) is 18.1 Å². The summed E-state index contributed by atoms with van der Waals surface area (Å²) in [6.07, 6.45) is 1.37. The van der Waals surface area contributed by atoms with Gasteiger partial charge in [0.1, 0.15) is 12.2 Å². The van der Waals surface area contributed by atoms with Crippen molar-refractivity contribution in [3.05, 3.63) is 79.7 Å². The van der Waals surface area contributed by atoms with E-state index in [-0.39, 0.29) is 24.7 Å². The van der Waals surface area contributed by atoms with E-state index in [0.717, 1.165) is 10.5 Å². The molecule has 200 valence electrons. The lowest BCUT2D eigenvalue weighted by atomic mass is 10.1. The molecule has 12 heteroatoms. The zero-order valence-corrected chi connectivity index (χ0v) is 23.4. The van der Waals surface area contributed by atoms with E-state index in [2.05, 4.69) is 21.2 Å². The zero-order chi connectivity index (χ0) is 27.7. The number of carbonyl (C=O) groups excluding carboxylic acids is 3. The number of imide groups is 2. The minimum absolute atomic E-state index is 0.0336. The van der Waals surface area contributed by atoms with Gasteiger partial charge in [0.05, 0.1) is 22.3 Å². The van der Waals surface area contributed by atoms with E-state index in [4.69, 9.17) is 42.1 Å². The van der Waals surface area contributed by atoms with Gasteiger partial charge in [-0.25, -0.2) is 9.69 Å². The van der Waals surface area contributed by atoms with Crippen molar-refractivity contribution < 1.29 is 33.3 Å². The molecule has 0 atom stereocenters. The van der Waals surface area contributed by atoms with Crippen molar-refractivity contribution in [1.82, 2.24) is 5.32 Å². The van der Waals surface area contributed by atoms with Crippen LogP contribution in [0, 0.1) is 0 Å². The smallest absolute Gasteiger partial charge is 0.335 e. The summed E-state index contributed by atoms with van der Waals surface area (Å²) in [7, 11) is 0. The molecule has 3 aromatic rings. The van der Waals surface area contributed by atoms with Crippen LogP contribution in [-0.4, -0.2) is 31.2 Å². The first kappa shape index (κ1) is 26.9. The third-order valence-corrected chi connectivity index (χ3v) is 7.18. The second kappa shape index (κ2) is 11.2. The van der Waals surface area contributed by atoms with E-state index in [9.17, 15) is 14.4 Å². The maximum Gasteiger partial charge on any atom is 0.335 e. The number of hydrogen-bond acceptors (Lipinski definition) is 7. The second-order valence-corrected chi connectivity index (χ2v) is 9.95. The van der Waals surface area contributed by atoms with Crippen LogP contribution in [0.25, 0.3) is 6.08 Å². The van der Waals surface area contributed by atoms with E-state index in [1.165, 1.54) is 18.2 Å². The maximum atomic E-state index is 13.4. The first-order chi connectivity index (χ1) is 18.7. The summed E-state index contributed by atoms with van der Waals surface area (Å²) >= 11 is 15.6. The monoisotopic (exact) mass is 632 g/mol. The summed E-state index contributed by atoms with van der Waals surface area (Å²) in [6.45, 7) is 2.38. The third kappa shape index (κ3) is 5.54. The minimum atomic E-state index is -0.874. The molecule has 1 N–H and O–H groups in total. The lowest BCUT2D eigenvalue weighted by Gasteiger charge is -2.26. The molecule has 0 aliphatic carbocycles. The van der Waals surface area contributed by atoms with Crippen LogP contribution in [-0.2, 0) is 16.2 Å². The molecule has 2 heterocycles. The molecule has 0 unspecified atom stereocenters. The Hall–Kier alpha value is -3.73. The molecule has 0 radical (unpaired) electrons. The Morgan fingerprint density at radius 2 is 1.74 bits per heavy atom. The summed E-state index contributed by atoms with van der Waals surface area (Å²) in [6, 6.07) is 12.2. The summed E-state index contributed by atoms with van der Waals surface area (Å²) in [4.78, 5) is 39.5.